The number of halogens is 1. The Kier molecular flexibility index (Phi) is 5.19. The van der Waals surface area contributed by atoms with Gasteiger partial charge in [0, 0.05) is 54.2 Å². The number of pyridine rings is 4. The first kappa shape index (κ1) is 21.0. The molecule has 0 aliphatic rings. The summed E-state index contributed by atoms with van der Waals surface area (Å²) in [4.78, 5) is 25.4. The number of rotatable bonds is 6. The van der Waals surface area contributed by atoms with Gasteiger partial charge in [-0.25, -0.2) is 19.3 Å². The topological polar surface area (TPSA) is 121 Å². The molecule has 0 aliphatic heterocycles. The summed E-state index contributed by atoms with van der Waals surface area (Å²) in [6.45, 7) is 3.51. The number of nitrogens with zero attached hydrogens (tertiary/aromatic N) is 6. The lowest BCUT2D eigenvalue weighted by atomic mass is 10.1. The van der Waals surface area contributed by atoms with Crippen molar-refractivity contribution in [1.82, 2.24) is 45.4 Å². The Morgan fingerprint density at radius 3 is 2.77 bits per heavy atom. The summed E-state index contributed by atoms with van der Waals surface area (Å²) < 4.78 is 15.9. The molecule has 0 unspecified atom stereocenters. The van der Waals surface area contributed by atoms with Gasteiger partial charge in [-0.1, -0.05) is 13.0 Å². The van der Waals surface area contributed by atoms with Crippen LogP contribution in [-0.2, 0) is 6.54 Å². The number of aromatic amines is 2. The van der Waals surface area contributed by atoms with Crippen LogP contribution in [0.5, 0.6) is 0 Å². The molecule has 9 nitrogen and oxygen atoms in total. The second-order valence-electron chi connectivity index (χ2n) is 8.00. The van der Waals surface area contributed by atoms with Gasteiger partial charge in [-0.05, 0) is 36.4 Å². The summed E-state index contributed by atoms with van der Waals surface area (Å²) in [7, 11) is 0. The van der Waals surface area contributed by atoms with Crippen molar-refractivity contribution in [1.29, 1.82) is 0 Å². The van der Waals surface area contributed by atoms with E-state index in [4.69, 9.17) is 4.98 Å². The maximum Gasteiger partial charge on any atom is 0.161 e. The summed E-state index contributed by atoms with van der Waals surface area (Å²) in [6.07, 6.45) is 8.30. The molecule has 0 aliphatic carbocycles. The fourth-order valence-corrected chi connectivity index (χ4v) is 4.08. The van der Waals surface area contributed by atoms with E-state index in [-0.39, 0.29) is 5.39 Å². The first-order valence-corrected chi connectivity index (χ1v) is 11.2. The highest BCUT2D eigenvalue weighted by atomic mass is 19.1. The van der Waals surface area contributed by atoms with Gasteiger partial charge in [-0.15, -0.1) is 0 Å². The second-order valence-corrected chi connectivity index (χ2v) is 8.00. The van der Waals surface area contributed by atoms with E-state index in [1.165, 1.54) is 6.20 Å². The van der Waals surface area contributed by atoms with E-state index in [2.05, 4.69) is 40.4 Å². The Morgan fingerprint density at radius 2 is 1.91 bits per heavy atom. The highest BCUT2D eigenvalue weighted by molar-refractivity contribution is 5.96. The molecule has 0 saturated carbocycles. The molecule has 6 aromatic heterocycles. The van der Waals surface area contributed by atoms with E-state index in [0.29, 0.717) is 46.0 Å². The number of hydrogen-bond acceptors (Lipinski definition) is 7. The molecule has 6 rings (SSSR count). The number of fused-ring (bicyclic) bond motifs is 2. The summed E-state index contributed by atoms with van der Waals surface area (Å²) >= 11 is 0. The highest BCUT2D eigenvalue weighted by Crippen LogP contribution is 2.33. The largest absolute Gasteiger partial charge is 0.321 e. The lowest BCUT2D eigenvalue weighted by molar-refractivity contribution is 0.642. The van der Waals surface area contributed by atoms with Gasteiger partial charge in [0.05, 0.1) is 11.1 Å². The van der Waals surface area contributed by atoms with Gasteiger partial charge in [-0.2, -0.15) is 5.10 Å². The van der Waals surface area contributed by atoms with Crippen LogP contribution in [-0.4, -0.2) is 46.6 Å². The summed E-state index contributed by atoms with van der Waals surface area (Å²) in [5.74, 6) is -0.0569. The average Bonchev–Trinajstić information content (AvgIpc) is 3.53. The third-order valence-corrected chi connectivity index (χ3v) is 5.76. The zero-order chi connectivity index (χ0) is 23.8. The van der Waals surface area contributed by atoms with Crippen LogP contribution < -0.4 is 5.32 Å². The number of imidazole rings is 1. The molecule has 35 heavy (non-hydrogen) atoms. The average molecular weight is 465 g/mol. The molecule has 0 amide bonds. The van der Waals surface area contributed by atoms with E-state index < -0.39 is 5.82 Å². The van der Waals surface area contributed by atoms with Gasteiger partial charge in [0.1, 0.15) is 17.0 Å². The van der Waals surface area contributed by atoms with Crippen molar-refractivity contribution in [2.24, 2.45) is 0 Å². The second kappa shape index (κ2) is 8.65. The maximum absolute atomic E-state index is 15.9. The fourth-order valence-electron chi connectivity index (χ4n) is 4.08. The van der Waals surface area contributed by atoms with Crippen molar-refractivity contribution in [2.45, 2.75) is 13.5 Å². The summed E-state index contributed by atoms with van der Waals surface area (Å²) in [6, 6.07) is 9.43. The van der Waals surface area contributed by atoms with Crippen LogP contribution in [0, 0.1) is 5.82 Å². The van der Waals surface area contributed by atoms with Gasteiger partial charge >= 0.3 is 0 Å². The molecule has 0 radical (unpaired) electrons. The number of hydrogen-bond donors (Lipinski definition) is 3. The Labute approximate surface area is 198 Å². The summed E-state index contributed by atoms with van der Waals surface area (Å²) in [5, 5.41) is 10.6. The monoisotopic (exact) mass is 465 g/mol. The van der Waals surface area contributed by atoms with Crippen LogP contribution in [0.25, 0.3) is 56.1 Å². The molecular formula is C25H20FN9. The predicted molar refractivity (Wildman–Crippen MR) is 131 cm³/mol. The third kappa shape index (κ3) is 3.69. The van der Waals surface area contributed by atoms with Crippen LogP contribution >= 0.6 is 0 Å². The van der Waals surface area contributed by atoms with Crippen LogP contribution in [0.1, 0.15) is 12.5 Å². The quantitative estimate of drug-likeness (QED) is 0.336. The smallest absolute Gasteiger partial charge is 0.161 e. The molecule has 6 aromatic rings. The Balaban J connectivity index is 1.48. The Hall–Kier alpha value is -4.57. The van der Waals surface area contributed by atoms with Gasteiger partial charge in [0.15, 0.2) is 17.1 Å². The molecule has 0 spiro atoms. The van der Waals surface area contributed by atoms with E-state index in [0.717, 1.165) is 23.4 Å². The lowest BCUT2D eigenvalue weighted by Crippen LogP contribution is -2.11. The summed E-state index contributed by atoms with van der Waals surface area (Å²) in [5.41, 5.74) is 5.38. The predicted octanol–water partition coefficient (Wildman–Crippen LogP) is 4.27. The van der Waals surface area contributed by atoms with Crippen LogP contribution in [0.4, 0.5) is 4.39 Å². The van der Waals surface area contributed by atoms with Crippen molar-refractivity contribution < 1.29 is 4.39 Å². The van der Waals surface area contributed by atoms with Crippen molar-refractivity contribution >= 4 is 22.2 Å². The molecule has 172 valence electrons. The zero-order valence-electron chi connectivity index (χ0n) is 18.7. The molecule has 10 heteroatoms. The molecule has 0 saturated heterocycles. The van der Waals surface area contributed by atoms with E-state index >= 15 is 4.39 Å². The van der Waals surface area contributed by atoms with E-state index in [1.807, 2.05) is 37.3 Å². The van der Waals surface area contributed by atoms with E-state index in [1.54, 1.807) is 24.8 Å². The van der Waals surface area contributed by atoms with Crippen LogP contribution in [0.3, 0.4) is 0 Å². The number of H-pyrrole nitrogens is 2. The van der Waals surface area contributed by atoms with Crippen molar-refractivity contribution in [3.8, 4) is 33.9 Å². The normalized spacial score (nSPS) is 11.5. The fraction of sp³-hybridized carbons (Fsp3) is 0.120. The first-order valence-electron chi connectivity index (χ1n) is 11.2. The Bertz CT molecular complexity index is 1660. The minimum absolute atomic E-state index is 0.248. The minimum Gasteiger partial charge on any atom is -0.321 e. The van der Waals surface area contributed by atoms with Crippen LogP contribution in [0.2, 0.25) is 0 Å². The first-order chi connectivity index (χ1) is 17.2. The van der Waals surface area contributed by atoms with Gasteiger partial charge < -0.3 is 10.3 Å². The lowest BCUT2D eigenvalue weighted by Gasteiger charge is -2.07. The highest BCUT2D eigenvalue weighted by Gasteiger charge is 2.21. The van der Waals surface area contributed by atoms with Crippen LogP contribution in [0.15, 0.2) is 61.3 Å². The molecule has 6 heterocycles. The minimum atomic E-state index is -0.445. The SMILES string of the molecule is CCNCc1cncc(-c2cnc3[nH]nc(-c4nc5c(-c6ccccn6)ccnc5[nH]4)c3c2F)c1. The zero-order valence-corrected chi connectivity index (χ0v) is 18.7. The molecular weight excluding hydrogens is 445 g/mol. The van der Waals surface area contributed by atoms with Gasteiger partial charge in [0.25, 0.3) is 0 Å². The molecule has 0 atom stereocenters. The van der Waals surface area contributed by atoms with Crippen molar-refractivity contribution in [3.63, 3.8) is 0 Å². The van der Waals surface area contributed by atoms with Gasteiger partial charge in [0.2, 0.25) is 0 Å². The molecule has 0 fully saturated rings. The van der Waals surface area contributed by atoms with Crippen molar-refractivity contribution in [2.75, 3.05) is 6.54 Å². The number of aromatic nitrogens is 8. The standard InChI is InChI=1S/C25H20FN9/c1-2-27-10-14-9-15(12-28-11-14)17-13-31-23-19(20(17)26)22(34-35-23)25-32-21-16(6-8-30-24(21)33-25)18-5-3-4-7-29-18/h3-9,11-13,27H,2,10H2,1H3,(H,30,32,33)(H,31,34,35). The molecule has 3 N–H and O–H groups in total. The molecule has 0 bridgehead atoms. The Morgan fingerprint density at radius 1 is 0.971 bits per heavy atom. The molecule has 0 aromatic carbocycles. The number of nitrogens with one attached hydrogen (secondary N) is 3. The maximum atomic E-state index is 15.9. The van der Waals surface area contributed by atoms with Gasteiger partial charge in [-0.3, -0.25) is 15.1 Å². The third-order valence-electron chi connectivity index (χ3n) is 5.76. The van der Waals surface area contributed by atoms with Crippen molar-refractivity contribution in [3.05, 3.63) is 72.7 Å². The van der Waals surface area contributed by atoms with E-state index in [9.17, 15) is 0 Å².